The van der Waals surface area contributed by atoms with Gasteiger partial charge in [0, 0.05) is 16.1 Å². The van der Waals surface area contributed by atoms with E-state index in [1.807, 2.05) is 18.2 Å². The molecule has 3 aromatic rings. The Balaban J connectivity index is 1.52. The smallest absolute Gasteiger partial charge is 0.248 e. The molecule has 9 heteroatoms. The first-order valence-electron chi connectivity index (χ1n) is 8.20. The maximum atomic E-state index is 11.1. The first-order valence-corrected chi connectivity index (χ1v) is 8.58. The lowest BCUT2D eigenvalue weighted by atomic mass is 10.1. The molecule has 0 aliphatic carbocycles. The van der Waals surface area contributed by atoms with Crippen molar-refractivity contribution >= 4 is 17.5 Å². The number of benzene rings is 2. The average molecular weight is 388 g/mol. The lowest BCUT2D eigenvalue weighted by Crippen LogP contribution is -2.23. The second-order valence-corrected chi connectivity index (χ2v) is 6.28. The number of rotatable bonds is 8. The number of carbonyl (C=O) groups excluding carboxylic acids is 1. The monoisotopic (exact) mass is 387 g/mol. The molecule has 140 valence electrons. The Morgan fingerprint density at radius 1 is 1.22 bits per heavy atom. The first-order chi connectivity index (χ1) is 13.0. The fourth-order valence-corrected chi connectivity index (χ4v) is 2.57. The summed E-state index contributed by atoms with van der Waals surface area (Å²) in [4.78, 5) is 12.4. The third kappa shape index (κ3) is 5.10. The van der Waals surface area contributed by atoms with E-state index in [-0.39, 0.29) is 13.2 Å². The van der Waals surface area contributed by atoms with Crippen molar-refractivity contribution in [3.8, 4) is 11.4 Å². The van der Waals surface area contributed by atoms with E-state index in [1.54, 1.807) is 30.3 Å². The van der Waals surface area contributed by atoms with Gasteiger partial charge >= 0.3 is 0 Å². The Bertz CT molecular complexity index is 913. The van der Waals surface area contributed by atoms with Crippen molar-refractivity contribution in [2.45, 2.75) is 19.3 Å². The molecular formula is C18H18ClN5O3. The van der Waals surface area contributed by atoms with Gasteiger partial charge in [0.2, 0.25) is 11.7 Å². The minimum absolute atomic E-state index is 0.107. The van der Waals surface area contributed by atoms with Gasteiger partial charge in [0.1, 0.15) is 0 Å². The summed E-state index contributed by atoms with van der Waals surface area (Å²) in [6.45, 7) is 0.545. The largest absolute Gasteiger partial charge is 0.389 e. The minimum atomic E-state index is -0.799. The molecule has 0 radical (unpaired) electrons. The zero-order valence-corrected chi connectivity index (χ0v) is 15.1. The Hall–Kier alpha value is -2.81. The maximum Gasteiger partial charge on any atom is 0.248 e. The summed E-state index contributed by atoms with van der Waals surface area (Å²) in [5.74, 6) is -0.117. The maximum absolute atomic E-state index is 11.1. The van der Waals surface area contributed by atoms with E-state index in [0.29, 0.717) is 28.6 Å². The number of carbonyl (C=O) groups is 1. The van der Waals surface area contributed by atoms with Crippen LogP contribution in [-0.2, 0) is 17.9 Å². The van der Waals surface area contributed by atoms with Crippen molar-refractivity contribution in [1.29, 1.82) is 0 Å². The molecule has 1 aromatic heterocycles. The molecule has 1 atom stereocenters. The van der Waals surface area contributed by atoms with E-state index in [0.717, 1.165) is 5.56 Å². The number of nitrogens with zero attached hydrogens (tertiary/aromatic N) is 4. The SMILES string of the molecule is NC(=O)c1ccc(-c2nnn(CC(O)COCc3ccccc3Cl)n2)cc1. The number of ether oxygens (including phenoxy) is 1. The van der Waals surface area contributed by atoms with E-state index < -0.39 is 12.0 Å². The van der Waals surface area contributed by atoms with Gasteiger partial charge in [0.15, 0.2) is 0 Å². The van der Waals surface area contributed by atoms with Crippen LogP contribution in [0.15, 0.2) is 48.5 Å². The first kappa shape index (κ1) is 19.0. The quantitative estimate of drug-likeness (QED) is 0.607. The number of amides is 1. The number of aliphatic hydroxyl groups is 1. The van der Waals surface area contributed by atoms with Gasteiger partial charge in [-0.25, -0.2) is 0 Å². The predicted molar refractivity (Wildman–Crippen MR) is 98.9 cm³/mol. The van der Waals surface area contributed by atoms with Gasteiger partial charge in [-0.15, -0.1) is 10.2 Å². The highest BCUT2D eigenvalue weighted by Crippen LogP contribution is 2.16. The van der Waals surface area contributed by atoms with Crippen LogP contribution >= 0.6 is 11.6 Å². The molecule has 1 amide bonds. The van der Waals surface area contributed by atoms with Crippen LogP contribution in [-0.4, -0.2) is 43.9 Å². The molecule has 0 spiro atoms. The highest BCUT2D eigenvalue weighted by atomic mass is 35.5. The highest BCUT2D eigenvalue weighted by Gasteiger charge is 2.11. The Morgan fingerprint density at radius 3 is 2.67 bits per heavy atom. The molecule has 1 unspecified atom stereocenters. The third-order valence-corrected chi connectivity index (χ3v) is 4.15. The van der Waals surface area contributed by atoms with Crippen LogP contribution in [0.25, 0.3) is 11.4 Å². The zero-order valence-electron chi connectivity index (χ0n) is 14.3. The third-order valence-electron chi connectivity index (χ3n) is 3.78. The second kappa shape index (κ2) is 8.72. The molecular weight excluding hydrogens is 370 g/mol. The summed E-state index contributed by atoms with van der Waals surface area (Å²) in [6, 6.07) is 13.9. The summed E-state index contributed by atoms with van der Waals surface area (Å²) >= 11 is 6.06. The van der Waals surface area contributed by atoms with Crippen LogP contribution in [0.5, 0.6) is 0 Å². The van der Waals surface area contributed by atoms with E-state index in [4.69, 9.17) is 22.1 Å². The molecule has 0 saturated heterocycles. The number of primary amides is 1. The van der Waals surface area contributed by atoms with E-state index in [9.17, 15) is 9.90 Å². The van der Waals surface area contributed by atoms with E-state index in [1.165, 1.54) is 4.80 Å². The lowest BCUT2D eigenvalue weighted by Gasteiger charge is -2.11. The number of nitrogens with two attached hydrogens (primary N) is 1. The highest BCUT2D eigenvalue weighted by molar-refractivity contribution is 6.31. The van der Waals surface area contributed by atoms with E-state index >= 15 is 0 Å². The van der Waals surface area contributed by atoms with Crippen LogP contribution in [0.2, 0.25) is 5.02 Å². The predicted octanol–water partition coefficient (Wildman–Crippen LogP) is 1.67. The van der Waals surface area contributed by atoms with Gasteiger partial charge in [-0.05, 0) is 29.0 Å². The van der Waals surface area contributed by atoms with Crippen molar-refractivity contribution in [3.05, 3.63) is 64.7 Å². The number of hydrogen-bond acceptors (Lipinski definition) is 6. The van der Waals surface area contributed by atoms with Crippen molar-refractivity contribution < 1.29 is 14.6 Å². The fourth-order valence-electron chi connectivity index (χ4n) is 2.38. The van der Waals surface area contributed by atoms with Crippen LogP contribution < -0.4 is 5.73 Å². The molecule has 27 heavy (non-hydrogen) atoms. The van der Waals surface area contributed by atoms with Gasteiger partial charge in [-0.1, -0.05) is 41.9 Å². The van der Waals surface area contributed by atoms with Gasteiger partial charge in [0.05, 0.1) is 25.9 Å². The van der Waals surface area contributed by atoms with Gasteiger partial charge in [-0.3, -0.25) is 4.79 Å². The summed E-state index contributed by atoms with van der Waals surface area (Å²) < 4.78 is 5.49. The number of aromatic nitrogens is 4. The molecule has 0 bridgehead atoms. The van der Waals surface area contributed by atoms with Crippen LogP contribution in [0.1, 0.15) is 15.9 Å². The molecule has 3 N–H and O–H groups in total. The normalized spacial score (nSPS) is 12.1. The van der Waals surface area contributed by atoms with Crippen LogP contribution in [0.4, 0.5) is 0 Å². The standard InChI is InChI=1S/C18H18ClN5O3/c19-16-4-2-1-3-14(16)10-27-11-15(25)9-24-22-18(21-23-24)13-7-5-12(6-8-13)17(20)26/h1-8,15,25H,9-11H2,(H2,20,26). The van der Waals surface area contributed by atoms with E-state index in [2.05, 4.69) is 15.4 Å². The van der Waals surface area contributed by atoms with Crippen molar-refractivity contribution in [2.24, 2.45) is 5.73 Å². The molecule has 8 nitrogen and oxygen atoms in total. The van der Waals surface area contributed by atoms with Crippen LogP contribution in [0, 0.1) is 0 Å². The molecule has 2 aromatic carbocycles. The summed E-state index contributed by atoms with van der Waals surface area (Å²) in [5.41, 5.74) is 7.16. The lowest BCUT2D eigenvalue weighted by molar-refractivity contribution is 0.0165. The number of hydrogen-bond donors (Lipinski definition) is 2. The number of aliphatic hydroxyl groups excluding tert-OH is 1. The molecule has 0 aliphatic heterocycles. The summed E-state index contributed by atoms with van der Waals surface area (Å²) in [7, 11) is 0. The molecule has 0 saturated carbocycles. The molecule has 3 rings (SSSR count). The van der Waals surface area contributed by atoms with Gasteiger partial charge < -0.3 is 15.6 Å². The molecule has 1 heterocycles. The Labute approximate surface area is 160 Å². The van der Waals surface area contributed by atoms with Gasteiger partial charge in [-0.2, -0.15) is 4.80 Å². The van der Waals surface area contributed by atoms with Gasteiger partial charge in [0.25, 0.3) is 0 Å². The second-order valence-electron chi connectivity index (χ2n) is 5.87. The van der Waals surface area contributed by atoms with Crippen molar-refractivity contribution in [2.75, 3.05) is 6.61 Å². The van der Waals surface area contributed by atoms with Crippen molar-refractivity contribution in [1.82, 2.24) is 20.2 Å². The molecule has 0 aliphatic rings. The summed E-state index contributed by atoms with van der Waals surface area (Å²) in [5, 5.41) is 22.8. The van der Waals surface area contributed by atoms with Crippen molar-refractivity contribution in [3.63, 3.8) is 0 Å². The average Bonchev–Trinajstić information content (AvgIpc) is 3.12. The summed E-state index contributed by atoms with van der Waals surface area (Å²) in [6.07, 6.45) is -0.799. The number of halogens is 1. The Kier molecular flexibility index (Phi) is 6.12. The zero-order chi connectivity index (χ0) is 19.2. The van der Waals surface area contributed by atoms with Crippen LogP contribution in [0.3, 0.4) is 0 Å². The topological polar surface area (TPSA) is 116 Å². The number of tetrazole rings is 1. The fraction of sp³-hybridized carbons (Fsp3) is 0.222. The molecule has 0 fully saturated rings. The minimum Gasteiger partial charge on any atom is -0.389 e. The Morgan fingerprint density at radius 2 is 1.96 bits per heavy atom.